The normalized spacial score (nSPS) is 16.7. The molecular formula is C19H18ClFN2O3. The van der Waals surface area contributed by atoms with Gasteiger partial charge in [0.15, 0.2) is 0 Å². The van der Waals surface area contributed by atoms with E-state index in [1.807, 2.05) is 6.92 Å². The lowest BCUT2D eigenvalue weighted by molar-refractivity contribution is -0.122. The van der Waals surface area contributed by atoms with Crippen LogP contribution in [0.25, 0.3) is 0 Å². The number of halogens is 2. The first-order chi connectivity index (χ1) is 12.4. The average molecular weight is 377 g/mol. The third-order valence-corrected chi connectivity index (χ3v) is 4.78. The molecule has 1 unspecified atom stereocenters. The molecule has 3 rings (SSSR count). The zero-order valence-corrected chi connectivity index (χ0v) is 15.1. The molecule has 7 heteroatoms. The van der Waals surface area contributed by atoms with E-state index in [2.05, 4.69) is 5.32 Å². The molecule has 0 spiro atoms. The standard InChI is InChI=1S/C19H18ClFN2O3/c1-11-7-16(17(26-2)9-15(11)20)22-19(25)12-8-18(24)23(10-12)14-5-3-13(21)4-6-14/h3-7,9,12H,8,10H2,1-2H3,(H,22,25). The number of hydrogen-bond donors (Lipinski definition) is 1. The lowest BCUT2D eigenvalue weighted by atomic mass is 10.1. The van der Waals surface area contributed by atoms with E-state index in [1.54, 1.807) is 12.1 Å². The molecule has 26 heavy (non-hydrogen) atoms. The van der Waals surface area contributed by atoms with Gasteiger partial charge in [-0.2, -0.15) is 0 Å². The second kappa shape index (κ2) is 7.33. The maximum Gasteiger partial charge on any atom is 0.229 e. The number of amides is 2. The van der Waals surface area contributed by atoms with Crippen molar-refractivity contribution in [3.63, 3.8) is 0 Å². The second-order valence-corrected chi connectivity index (χ2v) is 6.58. The molecule has 1 aliphatic rings. The van der Waals surface area contributed by atoms with Gasteiger partial charge in [-0.15, -0.1) is 0 Å². The SMILES string of the molecule is COc1cc(Cl)c(C)cc1NC(=O)C1CC(=O)N(c2ccc(F)cc2)C1. The van der Waals surface area contributed by atoms with E-state index in [1.165, 1.54) is 36.3 Å². The van der Waals surface area contributed by atoms with Crippen LogP contribution in [-0.4, -0.2) is 25.5 Å². The van der Waals surface area contributed by atoms with Gasteiger partial charge in [-0.25, -0.2) is 4.39 Å². The third kappa shape index (κ3) is 3.65. The van der Waals surface area contributed by atoms with E-state index in [0.717, 1.165) is 5.56 Å². The van der Waals surface area contributed by atoms with Crippen molar-refractivity contribution in [2.45, 2.75) is 13.3 Å². The summed E-state index contributed by atoms with van der Waals surface area (Å²) in [6, 6.07) is 9.00. The minimum Gasteiger partial charge on any atom is -0.495 e. The smallest absolute Gasteiger partial charge is 0.229 e. The molecule has 1 heterocycles. The van der Waals surface area contributed by atoms with Crippen LogP contribution in [0.4, 0.5) is 15.8 Å². The van der Waals surface area contributed by atoms with E-state index in [-0.39, 0.29) is 30.6 Å². The average Bonchev–Trinajstić information content (AvgIpc) is 3.00. The van der Waals surface area contributed by atoms with Crippen molar-refractivity contribution in [2.75, 3.05) is 23.9 Å². The van der Waals surface area contributed by atoms with Crippen molar-refractivity contribution in [1.29, 1.82) is 0 Å². The summed E-state index contributed by atoms with van der Waals surface area (Å²) in [6.07, 6.45) is 0.0953. The molecular weight excluding hydrogens is 359 g/mol. The van der Waals surface area contributed by atoms with Gasteiger partial charge in [0.05, 0.1) is 18.7 Å². The summed E-state index contributed by atoms with van der Waals surface area (Å²) in [5, 5.41) is 3.35. The Morgan fingerprint density at radius 1 is 1.31 bits per heavy atom. The number of methoxy groups -OCH3 is 1. The Balaban J connectivity index is 1.74. The molecule has 0 radical (unpaired) electrons. The van der Waals surface area contributed by atoms with Crippen LogP contribution in [0.1, 0.15) is 12.0 Å². The summed E-state index contributed by atoms with van der Waals surface area (Å²) >= 11 is 6.07. The molecule has 1 aliphatic heterocycles. The van der Waals surface area contributed by atoms with E-state index in [0.29, 0.717) is 22.1 Å². The van der Waals surface area contributed by atoms with Crippen molar-refractivity contribution in [3.05, 3.63) is 52.8 Å². The monoisotopic (exact) mass is 376 g/mol. The van der Waals surface area contributed by atoms with E-state index in [4.69, 9.17) is 16.3 Å². The number of carbonyl (C=O) groups excluding carboxylic acids is 2. The van der Waals surface area contributed by atoms with Crippen LogP contribution in [0.15, 0.2) is 36.4 Å². The summed E-state index contributed by atoms with van der Waals surface area (Å²) in [5.74, 6) is -0.874. The quantitative estimate of drug-likeness (QED) is 0.883. The fourth-order valence-electron chi connectivity index (χ4n) is 2.92. The Labute approximate surface area is 155 Å². The third-order valence-electron chi connectivity index (χ3n) is 4.37. The van der Waals surface area contributed by atoms with E-state index >= 15 is 0 Å². The Hall–Kier alpha value is -2.60. The van der Waals surface area contributed by atoms with Gasteiger partial charge in [-0.1, -0.05) is 11.6 Å². The minimum atomic E-state index is -0.506. The number of nitrogens with one attached hydrogen (secondary N) is 1. The first-order valence-electron chi connectivity index (χ1n) is 8.10. The van der Waals surface area contributed by atoms with Crippen LogP contribution in [0.5, 0.6) is 5.75 Å². The van der Waals surface area contributed by atoms with Gasteiger partial charge in [0.2, 0.25) is 11.8 Å². The molecule has 1 fully saturated rings. The lowest BCUT2D eigenvalue weighted by Crippen LogP contribution is -2.28. The molecule has 5 nitrogen and oxygen atoms in total. The largest absolute Gasteiger partial charge is 0.495 e. The highest BCUT2D eigenvalue weighted by Gasteiger charge is 2.35. The zero-order chi connectivity index (χ0) is 18.8. The number of ether oxygens (including phenoxy) is 1. The summed E-state index contributed by atoms with van der Waals surface area (Å²) in [7, 11) is 1.49. The Bertz CT molecular complexity index is 855. The maximum absolute atomic E-state index is 13.1. The Kier molecular flexibility index (Phi) is 5.13. The Morgan fingerprint density at radius 3 is 2.65 bits per heavy atom. The van der Waals surface area contributed by atoms with Crippen LogP contribution in [0.2, 0.25) is 5.02 Å². The maximum atomic E-state index is 13.1. The fraction of sp³-hybridized carbons (Fsp3) is 0.263. The van der Waals surface area contributed by atoms with E-state index in [9.17, 15) is 14.0 Å². The Morgan fingerprint density at radius 2 is 2.00 bits per heavy atom. The van der Waals surface area contributed by atoms with Gasteiger partial charge < -0.3 is 15.0 Å². The van der Waals surface area contributed by atoms with Gasteiger partial charge >= 0.3 is 0 Å². The molecule has 0 saturated carbocycles. The van der Waals surface area contributed by atoms with Crippen LogP contribution in [0, 0.1) is 18.7 Å². The van der Waals surface area contributed by atoms with Crippen molar-refractivity contribution in [1.82, 2.24) is 0 Å². The number of anilines is 2. The predicted octanol–water partition coefficient (Wildman–Crippen LogP) is 3.79. The van der Waals surface area contributed by atoms with Crippen molar-refractivity contribution < 1.29 is 18.7 Å². The molecule has 0 aromatic heterocycles. The highest BCUT2D eigenvalue weighted by Crippen LogP contribution is 2.32. The topological polar surface area (TPSA) is 58.6 Å². The summed E-state index contributed by atoms with van der Waals surface area (Å²) in [6.45, 7) is 2.07. The summed E-state index contributed by atoms with van der Waals surface area (Å²) in [5.41, 5.74) is 1.89. The summed E-state index contributed by atoms with van der Waals surface area (Å²) in [4.78, 5) is 26.4. The van der Waals surface area contributed by atoms with Gasteiger partial charge in [0, 0.05) is 29.7 Å². The second-order valence-electron chi connectivity index (χ2n) is 6.17. The highest BCUT2D eigenvalue weighted by molar-refractivity contribution is 6.31. The number of hydrogen-bond acceptors (Lipinski definition) is 3. The van der Waals surface area contributed by atoms with Gasteiger partial charge in [0.25, 0.3) is 0 Å². The number of aryl methyl sites for hydroxylation is 1. The molecule has 2 amide bonds. The van der Waals surface area contributed by atoms with Crippen LogP contribution in [0.3, 0.4) is 0 Å². The van der Waals surface area contributed by atoms with Crippen molar-refractivity contribution in [3.8, 4) is 5.75 Å². The van der Waals surface area contributed by atoms with E-state index < -0.39 is 5.92 Å². The predicted molar refractivity (Wildman–Crippen MR) is 98.2 cm³/mol. The number of benzene rings is 2. The molecule has 2 aromatic rings. The first-order valence-corrected chi connectivity index (χ1v) is 8.47. The molecule has 2 aromatic carbocycles. The molecule has 0 aliphatic carbocycles. The molecule has 1 atom stereocenters. The van der Waals surface area contributed by atoms with Crippen LogP contribution >= 0.6 is 11.6 Å². The fourth-order valence-corrected chi connectivity index (χ4v) is 3.07. The first kappa shape index (κ1) is 18.2. The summed E-state index contributed by atoms with van der Waals surface area (Å²) < 4.78 is 18.3. The van der Waals surface area contributed by atoms with Gasteiger partial charge in [-0.05, 0) is 42.8 Å². The van der Waals surface area contributed by atoms with Crippen LogP contribution < -0.4 is 15.0 Å². The number of nitrogens with zero attached hydrogens (tertiary/aromatic N) is 1. The van der Waals surface area contributed by atoms with Crippen molar-refractivity contribution >= 4 is 34.8 Å². The number of carbonyl (C=O) groups is 2. The van der Waals surface area contributed by atoms with Crippen molar-refractivity contribution in [2.24, 2.45) is 5.92 Å². The molecule has 136 valence electrons. The molecule has 1 N–H and O–H groups in total. The lowest BCUT2D eigenvalue weighted by Gasteiger charge is -2.17. The van der Waals surface area contributed by atoms with Crippen LogP contribution in [-0.2, 0) is 9.59 Å². The van der Waals surface area contributed by atoms with Gasteiger partial charge in [-0.3, -0.25) is 9.59 Å². The van der Waals surface area contributed by atoms with Gasteiger partial charge in [0.1, 0.15) is 11.6 Å². The molecule has 0 bridgehead atoms. The molecule has 1 saturated heterocycles. The zero-order valence-electron chi connectivity index (χ0n) is 14.4. The minimum absolute atomic E-state index is 0.0953. The number of rotatable bonds is 4. The highest BCUT2D eigenvalue weighted by atomic mass is 35.5.